The maximum Gasteiger partial charge on any atom is 0.291 e. The lowest BCUT2D eigenvalue weighted by atomic mass is 10.1. The molecule has 140 valence electrons. The van der Waals surface area contributed by atoms with Crippen LogP contribution in [0.15, 0.2) is 71.6 Å². The van der Waals surface area contributed by atoms with Crippen LogP contribution >= 0.6 is 0 Å². The van der Waals surface area contributed by atoms with Crippen molar-refractivity contribution < 1.29 is 13.9 Å². The number of hydrogen-bond acceptors (Lipinski definition) is 6. The van der Waals surface area contributed by atoms with E-state index < -0.39 is 0 Å². The number of benzene rings is 2. The number of aryl methyl sites for hydroxylation is 1. The van der Waals surface area contributed by atoms with Gasteiger partial charge in [-0.15, -0.1) is 5.10 Å². The molecule has 2 heterocycles. The number of nitrogens with one attached hydrogen (secondary N) is 1. The van der Waals surface area contributed by atoms with Crippen molar-refractivity contribution >= 4 is 11.6 Å². The minimum Gasteiger partial charge on any atom is -0.489 e. The SMILES string of the molecule is Cc1ccc(NC(=O)c2occc2COc2ccccc2)cc1-n1cnnn1. The highest BCUT2D eigenvalue weighted by molar-refractivity contribution is 6.03. The van der Waals surface area contributed by atoms with Crippen LogP contribution in [0.4, 0.5) is 5.69 Å². The predicted octanol–water partition coefficient (Wildman–Crippen LogP) is 3.40. The molecule has 8 heteroatoms. The van der Waals surface area contributed by atoms with Crippen LogP contribution in [-0.2, 0) is 6.61 Å². The summed E-state index contributed by atoms with van der Waals surface area (Å²) in [7, 11) is 0. The molecule has 0 aliphatic carbocycles. The molecule has 4 rings (SSSR count). The molecule has 2 aromatic carbocycles. The second-order valence-electron chi connectivity index (χ2n) is 6.09. The highest BCUT2D eigenvalue weighted by atomic mass is 16.5. The fourth-order valence-corrected chi connectivity index (χ4v) is 2.72. The number of rotatable bonds is 6. The number of nitrogens with zero attached hydrogens (tertiary/aromatic N) is 4. The molecular weight excluding hydrogens is 358 g/mol. The van der Waals surface area contributed by atoms with E-state index in [4.69, 9.17) is 9.15 Å². The molecule has 0 spiro atoms. The number of hydrogen-bond donors (Lipinski definition) is 1. The van der Waals surface area contributed by atoms with E-state index in [2.05, 4.69) is 20.8 Å². The van der Waals surface area contributed by atoms with Gasteiger partial charge in [-0.1, -0.05) is 24.3 Å². The third kappa shape index (κ3) is 3.75. The maximum absolute atomic E-state index is 12.7. The first-order valence-electron chi connectivity index (χ1n) is 8.60. The lowest BCUT2D eigenvalue weighted by Crippen LogP contribution is -2.14. The number of ether oxygens (including phenoxy) is 1. The smallest absolute Gasteiger partial charge is 0.291 e. The molecule has 0 saturated carbocycles. The van der Waals surface area contributed by atoms with Crippen LogP contribution in [0.3, 0.4) is 0 Å². The Balaban J connectivity index is 1.49. The lowest BCUT2D eigenvalue weighted by molar-refractivity contribution is 0.0993. The number of furan rings is 1. The summed E-state index contributed by atoms with van der Waals surface area (Å²) < 4.78 is 12.6. The van der Waals surface area contributed by atoms with E-state index in [0.29, 0.717) is 11.3 Å². The number of tetrazole rings is 1. The third-order valence-electron chi connectivity index (χ3n) is 4.15. The molecule has 0 radical (unpaired) electrons. The minimum absolute atomic E-state index is 0.209. The summed E-state index contributed by atoms with van der Waals surface area (Å²) in [5.41, 5.74) is 3.01. The van der Waals surface area contributed by atoms with Gasteiger partial charge in [0.15, 0.2) is 5.76 Å². The molecule has 0 fully saturated rings. The molecular formula is C20H17N5O3. The number of para-hydroxylation sites is 1. The zero-order valence-corrected chi connectivity index (χ0v) is 15.1. The fraction of sp³-hybridized carbons (Fsp3) is 0.100. The topological polar surface area (TPSA) is 95.1 Å². The molecule has 1 N–H and O–H groups in total. The van der Waals surface area contributed by atoms with Gasteiger partial charge in [0.1, 0.15) is 18.7 Å². The van der Waals surface area contributed by atoms with Crippen LogP contribution in [0.25, 0.3) is 5.69 Å². The van der Waals surface area contributed by atoms with E-state index in [9.17, 15) is 4.79 Å². The van der Waals surface area contributed by atoms with Gasteiger partial charge in [0.05, 0.1) is 12.0 Å². The second kappa shape index (κ2) is 7.75. The highest BCUT2D eigenvalue weighted by Gasteiger charge is 2.17. The van der Waals surface area contributed by atoms with Crippen molar-refractivity contribution in [2.24, 2.45) is 0 Å². The first-order chi connectivity index (χ1) is 13.7. The number of carbonyl (C=O) groups excluding carboxylic acids is 1. The van der Waals surface area contributed by atoms with Gasteiger partial charge >= 0.3 is 0 Å². The van der Waals surface area contributed by atoms with E-state index in [1.807, 2.05) is 49.4 Å². The molecule has 4 aromatic rings. The van der Waals surface area contributed by atoms with Gasteiger partial charge in [-0.25, -0.2) is 4.68 Å². The number of aromatic nitrogens is 4. The average molecular weight is 375 g/mol. The molecule has 0 unspecified atom stereocenters. The van der Waals surface area contributed by atoms with Crippen molar-refractivity contribution in [1.29, 1.82) is 0 Å². The normalized spacial score (nSPS) is 10.6. The summed E-state index contributed by atoms with van der Waals surface area (Å²) >= 11 is 0. The summed E-state index contributed by atoms with van der Waals surface area (Å²) in [5, 5.41) is 14.0. The van der Waals surface area contributed by atoms with E-state index in [0.717, 1.165) is 17.0 Å². The number of anilines is 1. The lowest BCUT2D eigenvalue weighted by Gasteiger charge is -2.10. The van der Waals surface area contributed by atoms with Crippen LogP contribution in [0.5, 0.6) is 5.75 Å². The quantitative estimate of drug-likeness (QED) is 0.555. The highest BCUT2D eigenvalue weighted by Crippen LogP contribution is 2.21. The Hall–Kier alpha value is -3.94. The fourth-order valence-electron chi connectivity index (χ4n) is 2.72. The molecule has 0 aliphatic rings. The van der Waals surface area contributed by atoms with E-state index in [1.165, 1.54) is 17.3 Å². The second-order valence-corrected chi connectivity index (χ2v) is 6.09. The van der Waals surface area contributed by atoms with Crippen molar-refractivity contribution in [3.63, 3.8) is 0 Å². The van der Waals surface area contributed by atoms with E-state index >= 15 is 0 Å². The first kappa shape index (κ1) is 17.5. The zero-order chi connectivity index (χ0) is 19.3. The Bertz CT molecular complexity index is 1070. The van der Waals surface area contributed by atoms with Crippen molar-refractivity contribution in [3.05, 3.63) is 84.1 Å². The van der Waals surface area contributed by atoms with Crippen LogP contribution in [0.2, 0.25) is 0 Å². The van der Waals surface area contributed by atoms with E-state index in [1.54, 1.807) is 12.1 Å². The largest absolute Gasteiger partial charge is 0.489 e. The van der Waals surface area contributed by atoms with Gasteiger partial charge in [0, 0.05) is 11.3 Å². The Morgan fingerprint density at radius 1 is 1.18 bits per heavy atom. The monoisotopic (exact) mass is 375 g/mol. The Morgan fingerprint density at radius 2 is 2.04 bits per heavy atom. The van der Waals surface area contributed by atoms with Crippen molar-refractivity contribution in [2.45, 2.75) is 13.5 Å². The van der Waals surface area contributed by atoms with Gasteiger partial charge in [-0.3, -0.25) is 4.79 Å². The molecule has 0 bridgehead atoms. The minimum atomic E-state index is -0.358. The van der Waals surface area contributed by atoms with Gasteiger partial charge in [0.25, 0.3) is 5.91 Å². The van der Waals surface area contributed by atoms with Gasteiger partial charge < -0.3 is 14.5 Å². The molecule has 0 saturated heterocycles. The summed E-state index contributed by atoms with van der Waals surface area (Å²) in [6, 6.07) is 16.6. The molecule has 2 aromatic heterocycles. The van der Waals surface area contributed by atoms with Gasteiger partial charge in [-0.2, -0.15) is 0 Å². The predicted molar refractivity (Wildman–Crippen MR) is 101 cm³/mol. The number of amides is 1. The first-order valence-corrected chi connectivity index (χ1v) is 8.60. The Kier molecular flexibility index (Phi) is 4.83. The average Bonchev–Trinajstić information content (AvgIpc) is 3.40. The van der Waals surface area contributed by atoms with Crippen molar-refractivity contribution in [1.82, 2.24) is 20.2 Å². The van der Waals surface area contributed by atoms with Gasteiger partial charge in [0.2, 0.25) is 0 Å². The standard InChI is InChI=1S/C20H17N5O3/c1-14-7-8-16(11-18(14)25-13-21-23-24-25)22-20(26)19-15(9-10-27-19)12-28-17-5-3-2-4-6-17/h2-11,13H,12H2,1H3,(H,22,26). The van der Waals surface area contributed by atoms with E-state index in [-0.39, 0.29) is 18.3 Å². The van der Waals surface area contributed by atoms with Crippen LogP contribution < -0.4 is 10.1 Å². The third-order valence-corrected chi connectivity index (χ3v) is 4.15. The number of carbonyl (C=O) groups is 1. The Morgan fingerprint density at radius 3 is 2.82 bits per heavy atom. The maximum atomic E-state index is 12.7. The van der Waals surface area contributed by atoms with Crippen LogP contribution in [0, 0.1) is 6.92 Å². The van der Waals surface area contributed by atoms with Crippen molar-refractivity contribution in [3.8, 4) is 11.4 Å². The molecule has 0 atom stereocenters. The van der Waals surface area contributed by atoms with Gasteiger partial charge in [-0.05, 0) is 53.2 Å². The molecule has 8 nitrogen and oxygen atoms in total. The van der Waals surface area contributed by atoms with Crippen molar-refractivity contribution in [2.75, 3.05) is 5.32 Å². The summed E-state index contributed by atoms with van der Waals surface area (Å²) in [6.07, 6.45) is 2.97. The Labute approximate surface area is 160 Å². The zero-order valence-electron chi connectivity index (χ0n) is 15.1. The molecule has 1 amide bonds. The van der Waals surface area contributed by atoms with Crippen LogP contribution in [-0.4, -0.2) is 26.1 Å². The summed E-state index contributed by atoms with van der Waals surface area (Å²) in [4.78, 5) is 12.7. The summed E-state index contributed by atoms with van der Waals surface area (Å²) in [6.45, 7) is 2.17. The van der Waals surface area contributed by atoms with Crippen LogP contribution in [0.1, 0.15) is 21.7 Å². The molecule has 28 heavy (non-hydrogen) atoms. The molecule has 0 aliphatic heterocycles. The summed E-state index contributed by atoms with van der Waals surface area (Å²) in [5.74, 6) is 0.573.